The van der Waals surface area contributed by atoms with Crippen LogP contribution in [0.15, 0.2) is 152 Å². The number of hydrogen-bond donors (Lipinski definition) is 0. The molecule has 0 N–H and O–H groups in total. The minimum absolute atomic E-state index is 0.175. The van der Waals surface area contributed by atoms with Gasteiger partial charge in [-0.25, -0.2) is 15.0 Å². The summed E-state index contributed by atoms with van der Waals surface area (Å²) < 4.78 is 0. The molecule has 1 aromatic heterocycles. The van der Waals surface area contributed by atoms with Gasteiger partial charge in [-0.1, -0.05) is 161 Å². The van der Waals surface area contributed by atoms with Crippen LogP contribution in [0.25, 0.3) is 78.0 Å². The monoisotopic (exact) mass is 667 g/mol. The van der Waals surface area contributed by atoms with E-state index in [4.69, 9.17) is 15.0 Å². The number of hydrogen-bond acceptors (Lipinski definition) is 3. The van der Waals surface area contributed by atoms with Crippen LogP contribution in [0.1, 0.15) is 49.9 Å². The number of benzene rings is 7. The van der Waals surface area contributed by atoms with Gasteiger partial charge in [0.05, 0.1) is 0 Å². The van der Waals surface area contributed by atoms with Crippen molar-refractivity contribution in [3.05, 3.63) is 174 Å². The molecule has 0 bridgehead atoms. The first kappa shape index (κ1) is 30.6. The molecule has 10 rings (SSSR count). The highest BCUT2D eigenvalue weighted by molar-refractivity contribution is 6.14. The fourth-order valence-electron chi connectivity index (χ4n) is 8.93. The second-order valence-corrected chi connectivity index (χ2v) is 15.2. The summed E-state index contributed by atoms with van der Waals surface area (Å²) in [6, 6.07) is 54.3. The maximum atomic E-state index is 5.05. The fourth-order valence-corrected chi connectivity index (χ4v) is 8.93. The first-order chi connectivity index (χ1) is 25.3. The van der Waals surface area contributed by atoms with E-state index in [0.29, 0.717) is 17.5 Å². The van der Waals surface area contributed by atoms with Crippen LogP contribution >= 0.6 is 0 Å². The molecule has 0 saturated carbocycles. The van der Waals surface area contributed by atoms with Crippen LogP contribution in [0.5, 0.6) is 0 Å². The zero-order chi connectivity index (χ0) is 35.2. The third kappa shape index (κ3) is 4.48. The van der Waals surface area contributed by atoms with Crippen molar-refractivity contribution >= 4 is 32.7 Å². The Bertz CT molecular complexity index is 2720. The maximum Gasteiger partial charge on any atom is 0.164 e. The van der Waals surface area contributed by atoms with Gasteiger partial charge in [0.2, 0.25) is 0 Å². The van der Waals surface area contributed by atoms with E-state index in [2.05, 4.69) is 143 Å². The summed E-state index contributed by atoms with van der Waals surface area (Å²) in [5.41, 5.74) is 13.4. The Hall–Kier alpha value is -6.19. The van der Waals surface area contributed by atoms with Gasteiger partial charge < -0.3 is 0 Å². The lowest BCUT2D eigenvalue weighted by Crippen LogP contribution is -2.19. The lowest BCUT2D eigenvalue weighted by molar-refractivity contribution is 0.694. The highest BCUT2D eigenvalue weighted by atomic mass is 15.0. The summed E-state index contributed by atoms with van der Waals surface area (Å²) in [5.74, 6) is 2.04. The van der Waals surface area contributed by atoms with Gasteiger partial charge in [-0.3, -0.25) is 0 Å². The van der Waals surface area contributed by atoms with Crippen LogP contribution < -0.4 is 0 Å². The average molecular weight is 668 g/mol. The third-order valence-electron chi connectivity index (χ3n) is 11.5. The SMILES string of the molecule is CC1(C)C2=C(c3ccc(-c4nc(-c5ccccc5)nc(-c5ccccc5)n4)cc31)C(C)(C)c1cc(-c3cc4ccccc4c4ccccc34)ccc12. The van der Waals surface area contributed by atoms with Crippen molar-refractivity contribution in [2.75, 3.05) is 0 Å². The molecule has 1 heterocycles. The molecule has 0 saturated heterocycles. The van der Waals surface area contributed by atoms with Crippen molar-refractivity contribution in [3.63, 3.8) is 0 Å². The molecule has 2 aliphatic rings. The van der Waals surface area contributed by atoms with Gasteiger partial charge in [0, 0.05) is 27.5 Å². The van der Waals surface area contributed by atoms with Gasteiger partial charge >= 0.3 is 0 Å². The molecular weight excluding hydrogens is 631 g/mol. The van der Waals surface area contributed by atoms with Crippen LogP contribution in [0.4, 0.5) is 0 Å². The van der Waals surface area contributed by atoms with Crippen molar-refractivity contribution in [2.24, 2.45) is 0 Å². The molecule has 0 aliphatic heterocycles. The normalized spacial score (nSPS) is 15.2. The molecule has 2 aliphatic carbocycles. The fraction of sp³-hybridized carbons (Fsp3) is 0.122. The van der Waals surface area contributed by atoms with E-state index in [0.717, 1.165) is 16.7 Å². The predicted octanol–water partition coefficient (Wildman–Crippen LogP) is 12.3. The van der Waals surface area contributed by atoms with Crippen molar-refractivity contribution in [1.82, 2.24) is 15.0 Å². The lowest BCUT2D eigenvalue weighted by Gasteiger charge is -2.29. The first-order valence-electron chi connectivity index (χ1n) is 18.1. The molecule has 52 heavy (non-hydrogen) atoms. The smallest absolute Gasteiger partial charge is 0.164 e. The van der Waals surface area contributed by atoms with Crippen molar-refractivity contribution in [3.8, 4) is 45.3 Å². The number of aromatic nitrogens is 3. The molecule has 0 spiro atoms. The largest absolute Gasteiger partial charge is 0.208 e. The van der Waals surface area contributed by atoms with Crippen LogP contribution in [-0.4, -0.2) is 15.0 Å². The molecule has 3 nitrogen and oxygen atoms in total. The second kappa shape index (κ2) is 11.2. The highest BCUT2D eigenvalue weighted by Crippen LogP contribution is 2.63. The molecule has 0 unspecified atom stereocenters. The lowest BCUT2D eigenvalue weighted by atomic mass is 9.74. The summed E-state index contributed by atoms with van der Waals surface area (Å²) >= 11 is 0. The summed E-state index contributed by atoms with van der Waals surface area (Å²) in [6.07, 6.45) is 0. The Labute approximate surface area is 304 Å². The summed E-state index contributed by atoms with van der Waals surface area (Å²) in [4.78, 5) is 15.0. The van der Waals surface area contributed by atoms with Crippen molar-refractivity contribution in [1.29, 1.82) is 0 Å². The molecule has 0 amide bonds. The third-order valence-corrected chi connectivity index (χ3v) is 11.5. The average Bonchev–Trinajstić information content (AvgIpc) is 3.58. The molecule has 3 heteroatoms. The molecule has 248 valence electrons. The van der Waals surface area contributed by atoms with E-state index in [1.807, 2.05) is 36.4 Å². The van der Waals surface area contributed by atoms with E-state index in [1.165, 1.54) is 66.1 Å². The second-order valence-electron chi connectivity index (χ2n) is 15.2. The van der Waals surface area contributed by atoms with Gasteiger partial charge in [0.15, 0.2) is 17.5 Å². The molecule has 8 aromatic rings. The number of fused-ring (bicyclic) bond motifs is 7. The zero-order valence-electron chi connectivity index (χ0n) is 29.8. The molecular formula is C49H37N3. The minimum Gasteiger partial charge on any atom is -0.208 e. The molecule has 0 radical (unpaired) electrons. The van der Waals surface area contributed by atoms with Crippen LogP contribution in [0.2, 0.25) is 0 Å². The molecule has 0 atom stereocenters. The van der Waals surface area contributed by atoms with E-state index >= 15 is 0 Å². The minimum atomic E-state index is -0.210. The van der Waals surface area contributed by atoms with E-state index < -0.39 is 0 Å². The summed E-state index contributed by atoms with van der Waals surface area (Å²) in [7, 11) is 0. The van der Waals surface area contributed by atoms with Gasteiger partial charge in [-0.15, -0.1) is 0 Å². The van der Waals surface area contributed by atoms with Crippen LogP contribution in [-0.2, 0) is 10.8 Å². The molecule has 0 fully saturated rings. The Morgan fingerprint density at radius 2 is 0.788 bits per heavy atom. The van der Waals surface area contributed by atoms with Gasteiger partial charge in [0.25, 0.3) is 0 Å². The van der Waals surface area contributed by atoms with E-state index in [9.17, 15) is 0 Å². The van der Waals surface area contributed by atoms with Gasteiger partial charge in [0.1, 0.15) is 0 Å². The Kier molecular flexibility index (Phi) is 6.57. The number of rotatable bonds is 4. The molecule has 7 aromatic carbocycles. The standard InChI is InChI=1S/C49H37N3/c1-48(2)41-28-33(40-27-32-19-11-12-20-35(32)36-21-13-14-22-37(36)40)23-25-38(41)43-44(48)39-26-24-34(29-42(39)49(43,3)4)47-51-45(30-15-7-5-8-16-30)50-46(52-47)31-17-9-6-10-18-31/h5-29H,1-4H3. The predicted molar refractivity (Wildman–Crippen MR) is 216 cm³/mol. The van der Waals surface area contributed by atoms with Crippen molar-refractivity contribution in [2.45, 2.75) is 38.5 Å². The van der Waals surface area contributed by atoms with E-state index in [1.54, 1.807) is 0 Å². The summed E-state index contributed by atoms with van der Waals surface area (Å²) in [6.45, 7) is 9.57. The topological polar surface area (TPSA) is 38.7 Å². The Balaban J connectivity index is 1.09. The van der Waals surface area contributed by atoms with Crippen LogP contribution in [0.3, 0.4) is 0 Å². The van der Waals surface area contributed by atoms with Crippen molar-refractivity contribution < 1.29 is 0 Å². The number of nitrogens with zero attached hydrogens (tertiary/aromatic N) is 3. The Morgan fingerprint density at radius 1 is 0.346 bits per heavy atom. The quantitative estimate of drug-likeness (QED) is 0.175. The maximum absolute atomic E-state index is 5.05. The number of allylic oxidation sites excluding steroid dienone is 2. The van der Waals surface area contributed by atoms with Crippen LogP contribution in [0, 0.1) is 0 Å². The first-order valence-corrected chi connectivity index (χ1v) is 18.1. The zero-order valence-corrected chi connectivity index (χ0v) is 29.8. The Morgan fingerprint density at radius 3 is 1.37 bits per heavy atom. The van der Waals surface area contributed by atoms with E-state index in [-0.39, 0.29) is 10.8 Å². The van der Waals surface area contributed by atoms with Gasteiger partial charge in [-0.2, -0.15) is 0 Å². The highest BCUT2D eigenvalue weighted by Gasteiger charge is 2.49. The summed E-state index contributed by atoms with van der Waals surface area (Å²) in [5, 5.41) is 5.16. The van der Waals surface area contributed by atoms with Gasteiger partial charge in [-0.05, 0) is 84.3 Å².